The lowest BCUT2D eigenvalue weighted by Crippen LogP contribution is -1.95. The molecule has 0 radical (unpaired) electrons. The molecule has 1 aliphatic carbocycles. The summed E-state index contributed by atoms with van der Waals surface area (Å²) in [6, 6.07) is 59.5. The molecule has 1 nitrogen and oxygen atoms in total. The Labute approximate surface area is 269 Å². The van der Waals surface area contributed by atoms with Crippen molar-refractivity contribution in [3.8, 4) is 77.9 Å². The van der Waals surface area contributed by atoms with Gasteiger partial charge in [-0.25, -0.2) is 0 Å². The fourth-order valence-electron chi connectivity index (χ4n) is 7.24. The zero-order valence-corrected chi connectivity index (χ0v) is 25.2. The molecule has 0 atom stereocenters. The summed E-state index contributed by atoms with van der Waals surface area (Å²) in [5.41, 5.74) is 17.2. The van der Waals surface area contributed by atoms with E-state index in [0.717, 1.165) is 5.56 Å². The molecule has 0 amide bonds. The second kappa shape index (κ2) is 10.8. The van der Waals surface area contributed by atoms with Crippen LogP contribution >= 0.6 is 0 Å². The van der Waals surface area contributed by atoms with E-state index < -0.39 is 0 Å². The number of hydrogen-bond donors (Lipinski definition) is 0. The van der Waals surface area contributed by atoms with Crippen molar-refractivity contribution >= 4 is 10.8 Å². The zero-order chi connectivity index (χ0) is 30.5. The predicted octanol–water partition coefficient (Wildman–Crippen LogP) is 12.2. The third-order valence-corrected chi connectivity index (χ3v) is 9.25. The number of hydrogen-bond acceptors (Lipinski definition) is 1. The molecule has 1 heteroatoms. The number of nitrogens with zero attached hydrogens (tertiary/aromatic N) is 1. The lowest BCUT2D eigenvalue weighted by Gasteiger charge is -2.21. The van der Waals surface area contributed by atoms with Crippen LogP contribution in [0.5, 0.6) is 0 Å². The maximum Gasteiger partial charge on any atom is 0.0346 e. The number of rotatable bonds is 5. The van der Waals surface area contributed by atoms with Gasteiger partial charge in [0.2, 0.25) is 0 Å². The van der Waals surface area contributed by atoms with Crippen molar-refractivity contribution in [2.45, 2.75) is 0 Å². The van der Waals surface area contributed by atoms with Gasteiger partial charge in [0, 0.05) is 18.0 Å². The first-order valence-corrected chi connectivity index (χ1v) is 15.8. The molecular weight excluding hydrogens is 555 g/mol. The maximum atomic E-state index is 4.57. The fraction of sp³-hybridized carbons (Fsp3) is 0. The minimum Gasteiger partial charge on any atom is -0.264 e. The molecule has 1 heterocycles. The van der Waals surface area contributed by atoms with Crippen LogP contribution < -0.4 is 0 Å². The highest BCUT2D eigenvalue weighted by Crippen LogP contribution is 2.58. The van der Waals surface area contributed by atoms with Crippen LogP contribution in [0.4, 0.5) is 0 Å². The summed E-state index contributed by atoms with van der Waals surface area (Å²) < 4.78 is 0. The first-order chi connectivity index (χ1) is 22.8. The fourth-order valence-corrected chi connectivity index (χ4v) is 7.24. The Hall–Kier alpha value is -6.05. The predicted molar refractivity (Wildman–Crippen MR) is 193 cm³/mol. The smallest absolute Gasteiger partial charge is 0.0346 e. The summed E-state index contributed by atoms with van der Waals surface area (Å²) in [7, 11) is 0. The number of pyridine rings is 1. The molecule has 1 aliphatic rings. The summed E-state index contributed by atoms with van der Waals surface area (Å²) >= 11 is 0. The van der Waals surface area contributed by atoms with Gasteiger partial charge in [-0.2, -0.15) is 0 Å². The highest BCUT2D eigenvalue weighted by molar-refractivity contribution is 6.24. The quantitative estimate of drug-likeness (QED) is 0.196. The van der Waals surface area contributed by atoms with Crippen LogP contribution in [-0.4, -0.2) is 4.98 Å². The van der Waals surface area contributed by atoms with E-state index in [1.54, 1.807) is 0 Å². The second-order valence-electron chi connectivity index (χ2n) is 11.9. The minimum absolute atomic E-state index is 1.11. The van der Waals surface area contributed by atoms with Crippen molar-refractivity contribution in [1.29, 1.82) is 0 Å². The third-order valence-electron chi connectivity index (χ3n) is 9.25. The topological polar surface area (TPSA) is 12.9 Å². The average Bonchev–Trinajstić information content (AvgIpc) is 3.47. The van der Waals surface area contributed by atoms with E-state index in [1.807, 2.05) is 18.5 Å². The van der Waals surface area contributed by atoms with Crippen LogP contribution in [0.15, 0.2) is 176 Å². The molecule has 0 unspecified atom stereocenters. The maximum absolute atomic E-state index is 4.57. The van der Waals surface area contributed by atoms with Crippen molar-refractivity contribution in [2.24, 2.45) is 0 Å². The lowest BCUT2D eigenvalue weighted by molar-refractivity contribution is 1.33. The first-order valence-electron chi connectivity index (χ1n) is 15.8. The molecule has 214 valence electrons. The summed E-state index contributed by atoms with van der Waals surface area (Å²) in [6.45, 7) is 0. The Morgan fingerprint density at radius 1 is 0.304 bits per heavy atom. The molecule has 0 aliphatic heterocycles. The van der Waals surface area contributed by atoms with Gasteiger partial charge in [0.15, 0.2) is 0 Å². The van der Waals surface area contributed by atoms with Crippen molar-refractivity contribution < 1.29 is 0 Å². The zero-order valence-electron chi connectivity index (χ0n) is 25.2. The number of benzene rings is 7. The van der Waals surface area contributed by atoms with E-state index in [9.17, 15) is 0 Å². The molecule has 0 saturated carbocycles. The molecule has 0 N–H and O–H groups in total. The van der Waals surface area contributed by atoms with Crippen LogP contribution in [0, 0.1) is 0 Å². The molecule has 0 fully saturated rings. The van der Waals surface area contributed by atoms with E-state index in [4.69, 9.17) is 0 Å². The van der Waals surface area contributed by atoms with Gasteiger partial charge in [-0.05, 0) is 119 Å². The van der Waals surface area contributed by atoms with Crippen LogP contribution in [0.1, 0.15) is 0 Å². The Morgan fingerprint density at radius 2 is 0.783 bits per heavy atom. The molecule has 0 spiro atoms. The van der Waals surface area contributed by atoms with Gasteiger partial charge in [0.1, 0.15) is 0 Å². The van der Waals surface area contributed by atoms with E-state index in [0.29, 0.717) is 0 Å². The van der Waals surface area contributed by atoms with Crippen LogP contribution in [-0.2, 0) is 0 Å². The van der Waals surface area contributed by atoms with Crippen molar-refractivity contribution in [3.63, 3.8) is 0 Å². The second-order valence-corrected chi connectivity index (χ2v) is 11.9. The van der Waals surface area contributed by atoms with Gasteiger partial charge in [-0.3, -0.25) is 4.98 Å². The standard InChI is InChI=1S/C45H29N/c1-5-14-30(15-6-1)35-24-37-25-36(31-16-7-2-8-17-31)27-41-42(37)40(26-35)44-38(32-18-9-3-10-19-32)28-39(34-22-13-23-46-29-34)43(45(41)44)33-20-11-4-12-21-33/h1-29H. The van der Waals surface area contributed by atoms with Crippen molar-refractivity contribution in [2.75, 3.05) is 0 Å². The highest BCUT2D eigenvalue weighted by atomic mass is 14.6. The van der Waals surface area contributed by atoms with Gasteiger partial charge in [-0.1, -0.05) is 127 Å². The molecular formula is C45H29N. The highest BCUT2D eigenvalue weighted by Gasteiger charge is 2.31. The van der Waals surface area contributed by atoms with Crippen molar-refractivity contribution in [3.05, 3.63) is 176 Å². The van der Waals surface area contributed by atoms with Gasteiger partial charge < -0.3 is 0 Å². The Morgan fingerprint density at radius 3 is 1.33 bits per heavy atom. The largest absolute Gasteiger partial charge is 0.264 e. The minimum atomic E-state index is 1.11. The molecule has 7 aromatic carbocycles. The normalized spacial score (nSPS) is 11.5. The van der Waals surface area contributed by atoms with Crippen LogP contribution in [0.3, 0.4) is 0 Å². The van der Waals surface area contributed by atoms with Gasteiger partial charge in [0.05, 0.1) is 0 Å². The molecule has 46 heavy (non-hydrogen) atoms. The monoisotopic (exact) mass is 583 g/mol. The molecule has 0 saturated heterocycles. The van der Waals surface area contributed by atoms with Gasteiger partial charge in [0.25, 0.3) is 0 Å². The number of fused-ring (bicyclic) bond motifs is 3. The molecule has 1 aromatic heterocycles. The average molecular weight is 584 g/mol. The Kier molecular flexibility index (Phi) is 6.21. The molecule has 0 bridgehead atoms. The first kappa shape index (κ1) is 26.4. The summed E-state index contributed by atoms with van der Waals surface area (Å²) in [5, 5.41) is 2.57. The Balaban J connectivity index is 1.48. The van der Waals surface area contributed by atoms with Crippen LogP contribution in [0.2, 0.25) is 0 Å². The summed E-state index contributed by atoms with van der Waals surface area (Å²) in [5.74, 6) is 0. The van der Waals surface area contributed by atoms with Gasteiger partial charge in [-0.15, -0.1) is 0 Å². The third kappa shape index (κ3) is 4.29. The molecule has 8 aromatic rings. The van der Waals surface area contributed by atoms with Gasteiger partial charge >= 0.3 is 0 Å². The van der Waals surface area contributed by atoms with Crippen molar-refractivity contribution in [1.82, 2.24) is 4.98 Å². The van der Waals surface area contributed by atoms with E-state index in [2.05, 4.69) is 163 Å². The van der Waals surface area contributed by atoms with Crippen LogP contribution in [0.25, 0.3) is 88.7 Å². The number of aromatic nitrogens is 1. The summed E-state index contributed by atoms with van der Waals surface area (Å²) in [6.07, 6.45) is 3.85. The van der Waals surface area contributed by atoms with E-state index in [-0.39, 0.29) is 0 Å². The van der Waals surface area contributed by atoms with E-state index >= 15 is 0 Å². The lowest BCUT2D eigenvalue weighted by atomic mass is 9.82. The Bertz CT molecular complexity index is 2360. The van der Waals surface area contributed by atoms with E-state index in [1.165, 1.54) is 83.1 Å². The summed E-state index contributed by atoms with van der Waals surface area (Å²) in [4.78, 5) is 4.57. The SMILES string of the molecule is c1ccc(-c2cc3c4c(cc(-c5ccccc5)cc4c2)-c2c(-c4ccccc4)c(-c4cccnc4)cc(-c4ccccc4)c2-3)cc1. The molecule has 9 rings (SSSR count).